The first-order valence-electron chi connectivity index (χ1n) is 9.69. The van der Waals surface area contributed by atoms with Crippen LogP contribution >= 0.6 is 11.8 Å². The molecular formula is C23H23N5OS. The van der Waals surface area contributed by atoms with Gasteiger partial charge in [-0.15, -0.1) is 11.8 Å². The molecule has 2 aromatic heterocycles. The summed E-state index contributed by atoms with van der Waals surface area (Å²) in [5, 5.41) is 6.39. The Balaban J connectivity index is 1.74. The zero-order chi connectivity index (χ0) is 21.1. The summed E-state index contributed by atoms with van der Waals surface area (Å²) in [7, 11) is 0. The summed E-state index contributed by atoms with van der Waals surface area (Å²) in [6, 6.07) is 15.9. The number of hydrogen-bond acceptors (Lipinski definition) is 5. The van der Waals surface area contributed by atoms with Crippen molar-refractivity contribution in [2.24, 2.45) is 0 Å². The molecule has 0 aliphatic carbocycles. The van der Waals surface area contributed by atoms with E-state index in [0.717, 1.165) is 28.4 Å². The number of nitrogens with one attached hydrogen (secondary N) is 2. The maximum atomic E-state index is 12.4. The number of amides is 1. The fraction of sp³-hybridized carbons (Fsp3) is 0.174. The van der Waals surface area contributed by atoms with E-state index in [1.807, 2.05) is 48.7 Å². The van der Waals surface area contributed by atoms with E-state index in [9.17, 15) is 4.79 Å². The summed E-state index contributed by atoms with van der Waals surface area (Å²) in [5.41, 5.74) is 4.00. The van der Waals surface area contributed by atoms with Crippen LogP contribution in [0.25, 0.3) is 16.9 Å². The van der Waals surface area contributed by atoms with Gasteiger partial charge in [-0.2, -0.15) is 0 Å². The molecule has 2 N–H and O–H groups in total. The van der Waals surface area contributed by atoms with Crippen molar-refractivity contribution in [3.63, 3.8) is 0 Å². The third kappa shape index (κ3) is 4.16. The van der Waals surface area contributed by atoms with Crippen molar-refractivity contribution >= 4 is 34.8 Å². The topological polar surface area (TPSA) is 71.3 Å². The summed E-state index contributed by atoms with van der Waals surface area (Å²) < 4.78 is 1.96. The number of fused-ring (bicyclic) bond motifs is 1. The fourth-order valence-corrected chi connectivity index (χ4v) is 3.61. The monoisotopic (exact) mass is 417 g/mol. The van der Waals surface area contributed by atoms with Gasteiger partial charge in [-0.3, -0.25) is 14.2 Å². The van der Waals surface area contributed by atoms with Crippen molar-refractivity contribution in [2.45, 2.75) is 24.8 Å². The lowest BCUT2D eigenvalue weighted by Gasteiger charge is -2.12. The van der Waals surface area contributed by atoms with Gasteiger partial charge in [0.2, 0.25) is 0 Å². The molecule has 0 saturated heterocycles. The Morgan fingerprint density at radius 3 is 2.67 bits per heavy atom. The molecule has 2 heterocycles. The molecule has 30 heavy (non-hydrogen) atoms. The van der Waals surface area contributed by atoms with Gasteiger partial charge in [0, 0.05) is 40.1 Å². The molecule has 152 valence electrons. The van der Waals surface area contributed by atoms with Gasteiger partial charge in [-0.25, -0.2) is 4.98 Å². The van der Waals surface area contributed by atoms with Crippen LogP contribution in [0.5, 0.6) is 0 Å². The average molecular weight is 418 g/mol. The Labute approximate surface area is 179 Å². The maximum absolute atomic E-state index is 12.4. The first-order valence-corrected chi connectivity index (χ1v) is 10.9. The number of thioether (sulfide) groups is 1. The molecule has 6 nitrogen and oxygen atoms in total. The summed E-state index contributed by atoms with van der Waals surface area (Å²) in [6.45, 7) is 3.89. The molecule has 0 atom stereocenters. The number of aromatic nitrogens is 3. The van der Waals surface area contributed by atoms with Gasteiger partial charge in [0.25, 0.3) is 5.91 Å². The van der Waals surface area contributed by atoms with Crippen molar-refractivity contribution in [2.75, 3.05) is 11.6 Å². The molecular weight excluding hydrogens is 394 g/mol. The van der Waals surface area contributed by atoms with E-state index >= 15 is 0 Å². The number of benzene rings is 2. The molecule has 0 fully saturated rings. The quantitative estimate of drug-likeness (QED) is 0.432. The van der Waals surface area contributed by atoms with Gasteiger partial charge in [0.1, 0.15) is 11.5 Å². The van der Waals surface area contributed by atoms with Gasteiger partial charge >= 0.3 is 0 Å². The highest BCUT2D eigenvalue weighted by Crippen LogP contribution is 2.32. The molecule has 0 radical (unpaired) electrons. The van der Waals surface area contributed by atoms with Gasteiger partial charge in [0.15, 0.2) is 5.65 Å². The van der Waals surface area contributed by atoms with Gasteiger partial charge in [0.05, 0.1) is 6.20 Å². The van der Waals surface area contributed by atoms with E-state index < -0.39 is 0 Å². The molecule has 2 aromatic carbocycles. The molecule has 7 heteroatoms. The Morgan fingerprint density at radius 2 is 1.93 bits per heavy atom. The normalized spacial score (nSPS) is 11.1. The molecule has 4 aromatic rings. The Bertz CT molecular complexity index is 1180. The largest absolute Gasteiger partial charge is 0.350 e. The van der Waals surface area contributed by atoms with E-state index in [1.54, 1.807) is 24.2 Å². The highest BCUT2D eigenvalue weighted by atomic mass is 32.2. The smallest absolute Gasteiger partial charge is 0.251 e. The summed E-state index contributed by atoms with van der Waals surface area (Å²) in [6.07, 6.45) is 7.39. The minimum atomic E-state index is -0.0936. The lowest BCUT2D eigenvalue weighted by atomic mass is 10.1. The van der Waals surface area contributed by atoms with Crippen molar-refractivity contribution < 1.29 is 4.79 Å². The summed E-state index contributed by atoms with van der Waals surface area (Å²) in [5.74, 6) is 0.731. The van der Waals surface area contributed by atoms with Crippen LogP contribution in [0.3, 0.4) is 0 Å². The van der Waals surface area contributed by atoms with Crippen molar-refractivity contribution in [3.05, 3.63) is 72.7 Å². The van der Waals surface area contributed by atoms with Crippen molar-refractivity contribution in [1.29, 1.82) is 0 Å². The first kappa shape index (κ1) is 20.0. The molecule has 0 aliphatic heterocycles. The molecule has 1 amide bonds. The maximum Gasteiger partial charge on any atom is 0.251 e. The Morgan fingerprint density at radius 1 is 1.13 bits per heavy atom. The summed E-state index contributed by atoms with van der Waals surface area (Å²) in [4.78, 5) is 22.6. The summed E-state index contributed by atoms with van der Waals surface area (Å²) >= 11 is 1.70. The van der Waals surface area contributed by atoms with E-state index in [-0.39, 0.29) is 11.9 Å². The van der Waals surface area contributed by atoms with Crippen LogP contribution in [0.15, 0.2) is 72.0 Å². The molecule has 0 bridgehead atoms. The second kappa shape index (κ2) is 8.59. The fourth-order valence-electron chi connectivity index (χ4n) is 3.20. The van der Waals surface area contributed by atoms with E-state index in [1.165, 1.54) is 4.90 Å². The van der Waals surface area contributed by atoms with E-state index in [4.69, 9.17) is 4.98 Å². The Kier molecular flexibility index (Phi) is 5.72. The third-order valence-electron chi connectivity index (χ3n) is 4.60. The van der Waals surface area contributed by atoms with Gasteiger partial charge in [-0.1, -0.05) is 18.2 Å². The van der Waals surface area contributed by atoms with Crippen LogP contribution in [-0.4, -0.2) is 32.6 Å². The third-order valence-corrected chi connectivity index (χ3v) is 5.34. The standard InChI is InChI=1S/C23H23N5OS/c1-15(2)25-23(29)17-5-4-6-18(13-17)26-22-21(16-7-9-19(30-3)10-8-16)27-20-14-24-11-12-28(20)22/h4-15,26H,1-3H3,(H,25,29). The predicted octanol–water partition coefficient (Wildman–Crippen LogP) is 5.00. The Hall–Kier alpha value is -3.32. The van der Waals surface area contributed by atoms with Crippen LogP contribution in [0.4, 0.5) is 11.5 Å². The lowest BCUT2D eigenvalue weighted by Crippen LogP contribution is -2.30. The second-order valence-corrected chi connectivity index (χ2v) is 8.06. The van der Waals surface area contributed by atoms with Gasteiger partial charge < -0.3 is 10.6 Å². The van der Waals surface area contributed by atoms with E-state index in [2.05, 4.69) is 46.1 Å². The number of carbonyl (C=O) groups is 1. The number of nitrogens with zero attached hydrogens (tertiary/aromatic N) is 3. The SMILES string of the molecule is CSc1ccc(-c2nc3cnccn3c2Nc2cccc(C(=O)NC(C)C)c2)cc1. The zero-order valence-corrected chi connectivity index (χ0v) is 17.9. The number of imidazole rings is 1. The minimum Gasteiger partial charge on any atom is -0.350 e. The average Bonchev–Trinajstić information content (AvgIpc) is 3.12. The van der Waals surface area contributed by atoms with Crippen LogP contribution in [-0.2, 0) is 0 Å². The van der Waals surface area contributed by atoms with Crippen LogP contribution < -0.4 is 10.6 Å². The number of carbonyl (C=O) groups excluding carboxylic acids is 1. The number of anilines is 2. The molecule has 0 saturated carbocycles. The van der Waals surface area contributed by atoms with Crippen LogP contribution in [0.1, 0.15) is 24.2 Å². The van der Waals surface area contributed by atoms with Crippen LogP contribution in [0.2, 0.25) is 0 Å². The molecule has 0 aliphatic rings. The molecule has 0 spiro atoms. The minimum absolute atomic E-state index is 0.0799. The first-order chi connectivity index (χ1) is 14.5. The predicted molar refractivity (Wildman–Crippen MR) is 123 cm³/mol. The van der Waals surface area contributed by atoms with Crippen LogP contribution in [0, 0.1) is 0 Å². The van der Waals surface area contributed by atoms with Crippen molar-refractivity contribution in [1.82, 2.24) is 19.7 Å². The molecule has 4 rings (SSSR count). The lowest BCUT2D eigenvalue weighted by molar-refractivity contribution is 0.0943. The van der Waals surface area contributed by atoms with Crippen molar-refractivity contribution in [3.8, 4) is 11.3 Å². The number of hydrogen-bond donors (Lipinski definition) is 2. The second-order valence-electron chi connectivity index (χ2n) is 7.18. The molecule has 0 unspecified atom stereocenters. The van der Waals surface area contributed by atoms with Gasteiger partial charge in [-0.05, 0) is 50.4 Å². The number of rotatable bonds is 6. The highest BCUT2D eigenvalue weighted by molar-refractivity contribution is 7.98. The van der Waals surface area contributed by atoms with E-state index in [0.29, 0.717) is 5.56 Å². The highest BCUT2D eigenvalue weighted by Gasteiger charge is 2.15. The zero-order valence-electron chi connectivity index (χ0n) is 17.1.